The Morgan fingerprint density at radius 3 is 2.24 bits per heavy atom. The molecule has 176 valence electrons. The molecule has 0 heterocycles. The van der Waals surface area contributed by atoms with Gasteiger partial charge in [0, 0.05) is 15.7 Å². The zero-order valence-electron chi connectivity index (χ0n) is 18.7. The number of nitrogens with zero attached hydrogens (tertiary/aromatic N) is 1. The number of ether oxygens (including phenoxy) is 1. The highest BCUT2D eigenvalue weighted by Crippen LogP contribution is 2.23. The topological polar surface area (TPSA) is 79.8 Å². The van der Waals surface area contributed by atoms with Crippen LogP contribution in [0.1, 0.15) is 35.3 Å². The number of rotatable bonds is 7. The van der Waals surface area contributed by atoms with Crippen molar-refractivity contribution in [1.82, 2.24) is 5.43 Å². The van der Waals surface area contributed by atoms with Gasteiger partial charge in [0.25, 0.3) is 11.8 Å². The summed E-state index contributed by atoms with van der Waals surface area (Å²) >= 11 is 17.9. The molecule has 1 unspecified atom stereocenters. The van der Waals surface area contributed by atoms with E-state index in [0.717, 1.165) is 11.1 Å². The number of carbonyl (C=O) groups is 2. The van der Waals surface area contributed by atoms with Crippen molar-refractivity contribution in [1.29, 1.82) is 0 Å². The van der Waals surface area contributed by atoms with Crippen LogP contribution in [0.4, 0.5) is 5.69 Å². The molecule has 0 saturated carbocycles. The summed E-state index contributed by atoms with van der Waals surface area (Å²) in [5.74, 6) is -0.167. The van der Waals surface area contributed by atoms with Gasteiger partial charge in [-0.05, 0) is 80.4 Å². The predicted molar refractivity (Wildman–Crippen MR) is 137 cm³/mol. The average molecular weight is 519 g/mol. The number of hydrogen-bond donors (Lipinski definition) is 2. The van der Waals surface area contributed by atoms with Gasteiger partial charge in [-0.2, -0.15) is 5.10 Å². The molecule has 0 radical (unpaired) electrons. The molecule has 0 aliphatic rings. The van der Waals surface area contributed by atoms with E-state index in [0.29, 0.717) is 32.8 Å². The molecule has 3 aromatic carbocycles. The Morgan fingerprint density at radius 2 is 1.59 bits per heavy atom. The maximum atomic E-state index is 12.4. The molecule has 0 spiro atoms. The first-order valence-electron chi connectivity index (χ1n) is 10.3. The molecule has 0 aromatic heterocycles. The summed E-state index contributed by atoms with van der Waals surface area (Å²) in [5.41, 5.74) is 5.60. The highest BCUT2D eigenvalue weighted by molar-refractivity contribution is 6.37. The van der Waals surface area contributed by atoms with Gasteiger partial charge in [0.2, 0.25) is 0 Å². The summed E-state index contributed by atoms with van der Waals surface area (Å²) in [6.07, 6.45) is -0.756. The van der Waals surface area contributed by atoms with Gasteiger partial charge in [-0.3, -0.25) is 9.59 Å². The third-order valence-corrected chi connectivity index (χ3v) is 5.66. The zero-order valence-corrected chi connectivity index (χ0v) is 20.9. The summed E-state index contributed by atoms with van der Waals surface area (Å²) in [6, 6.07) is 16.9. The maximum Gasteiger partial charge on any atom is 0.280 e. The molecule has 2 amide bonds. The number of aryl methyl sites for hydroxylation is 1. The van der Waals surface area contributed by atoms with Gasteiger partial charge in [0.1, 0.15) is 5.75 Å². The van der Waals surface area contributed by atoms with Gasteiger partial charge in [0.15, 0.2) is 6.10 Å². The summed E-state index contributed by atoms with van der Waals surface area (Å²) in [4.78, 5) is 24.8. The summed E-state index contributed by atoms with van der Waals surface area (Å²) in [7, 11) is 0. The first kappa shape index (κ1) is 25.6. The van der Waals surface area contributed by atoms with Crippen molar-refractivity contribution in [2.45, 2.75) is 26.9 Å². The molecule has 0 saturated heterocycles. The lowest BCUT2D eigenvalue weighted by Gasteiger charge is -2.15. The first-order valence-corrected chi connectivity index (χ1v) is 11.4. The van der Waals surface area contributed by atoms with E-state index >= 15 is 0 Å². The standard InChI is InChI=1S/C25H22Cl3N3O3/c1-14-12-18(26)7-11-23(14)34-16(3)24(32)31-30-15(2)17-4-8-20(9-5-17)29-25(33)21-10-6-19(27)13-22(21)28/h4-13,16H,1-3H3,(H,29,33)(H,31,32)/b30-15-. The van der Waals surface area contributed by atoms with Crippen molar-refractivity contribution in [2.24, 2.45) is 5.10 Å². The number of halogens is 3. The summed E-state index contributed by atoms with van der Waals surface area (Å²) in [6.45, 7) is 5.25. The van der Waals surface area contributed by atoms with E-state index in [2.05, 4.69) is 15.8 Å². The van der Waals surface area contributed by atoms with Crippen LogP contribution in [0.2, 0.25) is 15.1 Å². The molecule has 34 heavy (non-hydrogen) atoms. The first-order chi connectivity index (χ1) is 16.1. The number of hydrazone groups is 1. The van der Waals surface area contributed by atoms with Crippen molar-refractivity contribution in [2.75, 3.05) is 5.32 Å². The average Bonchev–Trinajstić information content (AvgIpc) is 2.79. The predicted octanol–water partition coefficient (Wildman–Crippen LogP) is 6.52. The number of benzene rings is 3. The van der Waals surface area contributed by atoms with Crippen molar-refractivity contribution in [3.63, 3.8) is 0 Å². The molecular formula is C25H22Cl3N3O3. The Labute approximate surface area is 212 Å². The monoisotopic (exact) mass is 517 g/mol. The van der Waals surface area contributed by atoms with Crippen LogP contribution in [-0.2, 0) is 4.79 Å². The fraction of sp³-hybridized carbons (Fsp3) is 0.160. The van der Waals surface area contributed by atoms with E-state index < -0.39 is 12.0 Å². The molecule has 2 N–H and O–H groups in total. The maximum absolute atomic E-state index is 12.4. The van der Waals surface area contributed by atoms with E-state index in [1.165, 1.54) is 6.07 Å². The molecular weight excluding hydrogens is 497 g/mol. The Kier molecular flexibility index (Phi) is 8.56. The van der Waals surface area contributed by atoms with E-state index in [1.54, 1.807) is 68.4 Å². The van der Waals surface area contributed by atoms with Crippen molar-refractivity contribution < 1.29 is 14.3 Å². The fourth-order valence-corrected chi connectivity index (χ4v) is 3.67. The molecule has 3 aromatic rings. The van der Waals surface area contributed by atoms with Crippen LogP contribution in [0, 0.1) is 6.92 Å². The van der Waals surface area contributed by atoms with Crippen molar-refractivity contribution >= 4 is 58.0 Å². The van der Waals surface area contributed by atoms with Crippen LogP contribution >= 0.6 is 34.8 Å². The minimum absolute atomic E-state index is 0.268. The number of carbonyl (C=O) groups excluding carboxylic acids is 2. The van der Waals surface area contributed by atoms with Crippen molar-refractivity contribution in [3.05, 3.63) is 92.4 Å². The number of nitrogens with one attached hydrogen (secondary N) is 2. The highest BCUT2D eigenvalue weighted by atomic mass is 35.5. The largest absolute Gasteiger partial charge is 0.481 e. The van der Waals surface area contributed by atoms with Gasteiger partial charge >= 0.3 is 0 Å². The normalized spacial score (nSPS) is 12.1. The second kappa shape index (κ2) is 11.4. The third kappa shape index (κ3) is 6.73. The Balaban J connectivity index is 1.58. The zero-order chi connectivity index (χ0) is 24.8. The van der Waals surface area contributed by atoms with Crippen molar-refractivity contribution in [3.8, 4) is 5.75 Å². The second-order valence-corrected chi connectivity index (χ2v) is 8.78. The number of anilines is 1. The smallest absolute Gasteiger partial charge is 0.280 e. The van der Waals surface area contributed by atoms with Gasteiger partial charge in [-0.25, -0.2) is 5.43 Å². The second-order valence-electron chi connectivity index (χ2n) is 7.50. The lowest BCUT2D eigenvalue weighted by molar-refractivity contribution is -0.127. The Hall–Kier alpha value is -3.06. The van der Waals surface area contributed by atoms with Crippen LogP contribution in [-0.4, -0.2) is 23.6 Å². The minimum atomic E-state index is -0.756. The summed E-state index contributed by atoms with van der Waals surface area (Å²) in [5, 5.41) is 8.25. The molecule has 0 fully saturated rings. The van der Waals surface area contributed by atoms with Crippen LogP contribution in [0.3, 0.4) is 0 Å². The Bertz CT molecular complexity index is 1240. The van der Waals surface area contributed by atoms with E-state index in [4.69, 9.17) is 39.5 Å². The fourth-order valence-electron chi connectivity index (χ4n) is 2.95. The molecule has 0 bridgehead atoms. The SMILES string of the molecule is C/C(=N/NC(=O)C(C)Oc1ccc(Cl)cc1C)c1ccc(NC(=O)c2ccc(Cl)cc2Cl)cc1. The molecule has 3 rings (SSSR count). The van der Waals surface area contributed by atoms with E-state index in [-0.39, 0.29) is 10.9 Å². The van der Waals surface area contributed by atoms with Crippen LogP contribution in [0.5, 0.6) is 5.75 Å². The van der Waals surface area contributed by atoms with Crippen LogP contribution < -0.4 is 15.5 Å². The molecule has 1 atom stereocenters. The number of hydrogen-bond acceptors (Lipinski definition) is 4. The molecule has 0 aliphatic carbocycles. The Morgan fingerprint density at radius 1 is 0.941 bits per heavy atom. The lowest BCUT2D eigenvalue weighted by Crippen LogP contribution is -2.34. The van der Waals surface area contributed by atoms with Gasteiger partial charge in [-0.1, -0.05) is 46.9 Å². The van der Waals surface area contributed by atoms with Crippen LogP contribution in [0.25, 0.3) is 0 Å². The van der Waals surface area contributed by atoms with E-state index in [1.807, 2.05) is 6.92 Å². The van der Waals surface area contributed by atoms with Gasteiger partial charge in [0.05, 0.1) is 16.3 Å². The molecule has 6 nitrogen and oxygen atoms in total. The third-order valence-electron chi connectivity index (χ3n) is 4.88. The molecule has 0 aliphatic heterocycles. The lowest BCUT2D eigenvalue weighted by atomic mass is 10.1. The molecule has 9 heteroatoms. The van der Waals surface area contributed by atoms with Crippen LogP contribution in [0.15, 0.2) is 65.8 Å². The summed E-state index contributed by atoms with van der Waals surface area (Å²) < 4.78 is 5.71. The quantitative estimate of drug-likeness (QED) is 0.276. The number of amides is 2. The van der Waals surface area contributed by atoms with Gasteiger partial charge < -0.3 is 10.1 Å². The van der Waals surface area contributed by atoms with Gasteiger partial charge in [-0.15, -0.1) is 0 Å². The minimum Gasteiger partial charge on any atom is -0.481 e. The highest BCUT2D eigenvalue weighted by Gasteiger charge is 2.16. The van der Waals surface area contributed by atoms with E-state index in [9.17, 15) is 9.59 Å².